The smallest absolute Gasteiger partial charge is 0.326 e. The van der Waals surface area contributed by atoms with Crippen molar-refractivity contribution < 1.29 is 24.3 Å². The van der Waals surface area contributed by atoms with Crippen LogP contribution < -0.4 is 16.4 Å². The van der Waals surface area contributed by atoms with Gasteiger partial charge in [0.25, 0.3) is 5.91 Å². The summed E-state index contributed by atoms with van der Waals surface area (Å²) in [7, 11) is 0. The van der Waals surface area contributed by atoms with E-state index in [0.717, 1.165) is 11.3 Å². The number of hydrogen-bond acceptors (Lipinski definition) is 6. The van der Waals surface area contributed by atoms with Crippen molar-refractivity contribution in [2.75, 3.05) is 5.32 Å². The molecule has 0 saturated heterocycles. The fraction of sp³-hybridized carbons (Fsp3) is 0.462. The third-order valence-corrected chi connectivity index (χ3v) is 3.34. The van der Waals surface area contributed by atoms with Gasteiger partial charge in [0.2, 0.25) is 11.8 Å². The van der Waals surface area contributed by atoms with Gasteiger partial charge in [-0.3, -0.25) is 14.4 Å². The van der Waals surface area contributed by atoms with E-state index in [1.165, 1.54) is 5.38 Å². The Kier molecular flexibility index (Phi) is 6.64. The van der Waals surface area contributed by atoms with Crippen molar-refractivity contribution in [1.29, 1.82) is 0 Å². The van der Waals surface area contributed by atoms with E-state index in [1.807, 2.05) is 13.8 Å². The van der Waals surface area contributed by atoms with Crippen LogP contribution in [0.3, 0.4) is 0 Å². The number of thiazole rings is 1. The first-order valence-corrected chi connectivity index (χ1v) is 7.64. The molecule has 0 fully saturated rings. The largest absolute Gasteiger partial charge is 0.480 e. The van der Waals surface area contributed by atoms with E-state index in [0.29, 0.717) is 6.42 Å². The molecule has 9 nitrogen and oxygen atoms in total. The zero-order valence-electron chi connectivity index (χ0n) is 12.7. The maximum Gasteiger partial charge on any atom is 0.326 e. The first-order valence-electron chi connectivity index (χ1n) is 6.76. The van der Waals surface area contributed by atoms with E-state index < -0.39 is 30.2 Å². The third kappa shape index (κ3) is 6.43. The van der Waals surface area contributed by atoms with Crippen LogP contribution in [0.1, 0.15) is 37.2 Å². The van der Waals surface area contributed by atoms with Gasteiger partial charge in [0.1, 0.15) is 11.7 Å². The number of aromatic nitrogens is 1. The lowest BCUT2D eigenvalue weighted by Crippen LogP contribution is -2.43. The number of amides is 3. The second-order valence-electron chi connectivity index (χ2n) is 5.22. The summed E-state index contributed by atoms with van der Waals surface area (Å²) < 4.78 is 0. The molecule has 5 N–H and O–H groups in total. The molecule has 0 saturated carbocycles. The lowest BCUT2D eigenvalue weighted by atomic mass is 10.1. The number of nitrogens with zero attached hydrogens (tertiary/aromatic N) is 1. The van der Waals surface area contributed by atoms with E-state index in [9.17, 15) is 19.2 Å². The van der Waals surface area contributed by atoms with Crippen molar-refractivity contribution in [3.8, 4) is 0 Å². The second kappa shape index (κ2) is 8.22. The quantitative estimate of drug-likeness (QED) is 0.529. The molecule has 126 valence electrons. The van der Waals surface area contributed by atoms with Gasteiger partial charge in [0.15, 0.2) is 5.13 Å². The molecule has 0 spiro atoms. The Morgan fingerprint density at radius 1 is 1.30 bits per heavy atom. The van der Waals surface area contributed by atoms with Crippen LogP contribution in [0.5, 0.6) is 0 Å². The SMILES string of the molecule is CC(C)CC(=O)Nc1nc(C(=O)NC(CC(N)=O)C(=O)O)cs1. The lowest BCUT2D eigenvalue weighted by molar-refractivity contribution is -0.140. The minimum atomic E-state index is -1.43. The summed E-state index contributed by atoms with van der Waals surface area (Å²) in [4.78, 5) is 49.2. The third-order valence-electron chi connectivity index (χ3n) is 2.59. The molecule has 0 aliphatic heterocycles. The molecule has 23 heavy (non-hydrogen) atoms. The fourth-order valence-electron chi connectivity index (χ4n) is 1.61. The maximum absolute atomic E-state index is 11.9. The minimum Gasteiger partial charge on any atom is -0.480 e. The number of carboxylic acid groups (broad SMARTS) is 1. The molecule has 0 bridgehead atoms. The molecule has 1 rings (SSSR count). The van der Waals surface area contributed by atoms with Crippen LogP contribution in [-0.4, -0.2) is 39.8 Å². The number of nitrogens with two attached hydrogens (primary N) is 1. The van der Waals surface area contributed by atoms with Gasteiger partial charge in [-0.05, 0) is 5.92 Å². The zero-order chi connectivity index (χ0) is 17.6. The van der Waals surface area contributed by atoms with E-state index in [-0.39, 0.29) is 22.7 Å². The summed E-state index contributed by atoms with van der Waals surface area (Å²) in [6.07, 6.45) is -0.204. The molecule has 1 unspecified atom stereocenters. The van der Waals surface area contributed by atoms with E-state index in [4.69, 9.17) is 10.8 Å². The van der Waals surface area contributed by atoms with Crippen LogP contribution >= 0.6 is 11.3 Å². The average molecular weight is 342 g/mol. The molecule has 0 aliphatic carbocycles. The summed E-state index contributed by atoms with van der Waals surface area (Å²) in [5, 5.41) is 15.3. The van der Waals surface area contributed by atoms with Gasteiger partial charge in [0, 0.05) is 11.8 Å². The second-order valence-corrected chi connectivity index (χ2v) is 6.08. The normalized spacial score (nSPS) is 11.8. The van der Waals surface area contributed by atoms with Gasteiger partial charge in [-0.2, -0.15) is 0 Å². The highest BCUT2D eigenvalue weighted by atomic mass is 32.1. The first kappa shape index (κ1) is 18.6. The van der Waals surface area contributed by atoms with Crippen LogP contribution in [0.4, 0.5) is 5.13 Å². The van der Waals surface area contributed by atoms with Crippen LogP contribution in [-0.2, 0) is 14.4 Å². The first-order chi connectivity index (χ1) is 10.7. The van der Waals surface area contributed by atoms with Gasteiger partial charge in [0.05, 0.1) is 6.42 Å². The number of carbonyl (C=O) groups is 4. The van der Waals surface area contributed by atoms with Crippen LogP contribution in [0.25, 0.3) is 0 Å². The number of anilines is 1. The minimum absolute atomic E-state index is 0.0504. The molecular formula is C13H18N4O5S. The van der Waals surface area contributed by atoms with Gasteiger partial charge >= 0.3 is 5.97 Å². The lowest BCUT2D eigenvalue weighted by Gasteiger charge is -2.11. The maximum atomic E-state index is 11.9. The van der Waals surface area contributed by atoms with Gasteiger partial charge in [-0.25, -0.2) is 9.78 Å². The van der Waals surface area contributed by atoms with Crippen molar-refractivity contribution in [2.24, 2.45) is 11.7 Å². The topological polar surface area (TPSA) is 151 Å². The highest BCUT2D eigenvalue weighted by molar-refractivity contribution is 7.14. The molecule has 3 amide bonds. The summed E-state index contributed by atoms with van der Waals surface area (Å²) in [5.74, 6) is -3.03. The van der Waals surface area contributed by atoms with Crippen LogP contribution in [0, 0.1) is 5.92 Å². The summed E-state index contributed by atoms with van der Waals surface area (Å²) in [5.41, 5.74) is 4.88. The molecule has 1 aromatic heterocycles. The average Bonchev–Trinajstić information content (AvgIpc) is 2.84. The monoisotopic (exact) mass is 342 g/mol. The van der Waals surface area contributed by atoms with Gasteiger partial charge in [-0.1, -0.05) is 13.8 Å². The number of nitrogens with one attached hydrogen (secondary N) is 2. The molecule has 0 radical (unpaired) electrons. The van der Waals surface area contributed by atoms with Crippen LogP contribution in [0.15, 0.2) is 5.38 Å². The van der Waals surface area contributed by atoms with Gasteiger partial charge in [-0.15, -0.1) is 11.3 Å². The number of carboxylic acids is 1. The predicted octanol–water partition coefficient (Wildman–Crippen LogP) is 0.186. The molecule has 0 aliphatic rings. The molecular weight excluding hydrogens is 324 g/mol. The molecule has 1 atom stereocenters. The molecule has 10 heteroatoms. The predicted molar refractivity (Wildman–Crippen MR) is 82.9 cm³/mol. The Hall–Kier alpha value is -2.49. The number of aliphatic carboxylic acids is 1. The highest BCUT2D eigenvalue weighted by Crippen LogP contribution is 2.16. The van der Waals surface area contributed by atoms with Crippen molar-refractivity contribution >= 4 is 40.2 Å². The van der Waals surface area contributed by atoms with Crippen molar-refractivity contribution in [2.45, 2.75) is 32.7 Å². The van der Waals surface area contributed by atoms with Crippen LogP contribution in [0.2, 0.25) is 0 Å². The van der Waals surface area contributed by atoms with Crippen molar-refractivity contribution in [3.63, 3.8) is 0 Å². The van der Waals surface area contributed by atoms with E-state index >= 15 is 0 Å². The highest BCUT2D eigenvalue weighted by Gasteiger charge is 2.24. The summed E-state index contributed by atoms with van der Waals surface area (Å²) in [6.45, 7) is 3.79. The number of carbonyl (C=O) groups excluding carboxylic acids is 3. The molecule has 0 aromatic carbocycles. The Morgan fingerprint density at radius 2 is 1.96 bits per heavy atom. The van der Waals surface area contributed by atoms with E-state index in [2.05, 4.69) is 15.6 Å². The Balaban J connectivity index is 2.68. The molecule has 1 heterocycles. The number of rotatable bonds is 8. The summed E-state index contributed by atoms with van der Waals surface area (Å²) in [6, 6.07) is -1.43. The summed E-state index contributed by atoms with van der Waals surface area (Å²) >= 11 is 1.04. The number of primary amides is 1. The van der Waals surface area contributed by atoms with E-state index in [1.54, 1.807) is 0 Å². The zero-order valence-corrected chi connectivity index (χ0v) is 13.5. The van der Waals surface area contributed by atoms with Gasteiger partial charge < -0.3 is 21.5 Å². The number of hydrogen-bond donors (Lipinski definition) is 4. The standard InChI is InChI=1S/C13H18N4O5S/c1-6(2)3-10(19)17-13-16-8(5-23-13)11(20)15-7(12(21)22)4-9(14)18/h5-7H,3-4H2,1-2H3,(H2,14,18)(H,15,20)(H,21,22)(H,16,17,19). The Morgan fingerprint density at radius 3 is 2.48 bits per heavy atom. The Labute approximate surface area is 136 Å². The van der Waals surface area contributed by atoms with Crippen molar-refractivity contribution in [3.05, 3.63) is 11.1 Å². The Bertz CT molecular complexity index is 613. The molecule has 1 aromatic rings. The van der Waals surface area contributed by atoms with Crippen molar-refractivity contribution in [1.82, 2.24) is 10.3 Å². The fourth-order valence-corrected chi connectivity index (χ4v) is 2.32.